The van der Waals surface area contributed by atoms with Crippen LogP contribution in [0.25, 0.3) is 10.6 Å². The third-order valence-electron chi connectivity index (χ3n) is 2.77. The maximum atomic E-state index is 4.68. The van der Waals surface area contributed by atoms with E-state index in [-0.39, 0.29) is 0 Å². The molecule has 0 unspecified atom stereocenters. The van der Waals surface area contributed by atoms with Gasteiger partial charge >= 0.3 is 0 Å². The molecule has 0 spiro atoms. The zero-order valence-electron chi connectivity index (χ0n) is 9.19. The molecule has 1 N–H and O–H groups in total. The van der Waals surface area contributed by atoms with Crippen LogP contribution < -0.4 is 5.32 Å². The molecule has 4 heteroatoms. The standard InChI is InChI=1S/C12H14N2S2/c1-8-4-5-15-12(8)10-7-16-11(14-10)6-13-9-2-3-9/h4-5,7,9,13H,2-3,6H2,1H3. The van der Waals surface area contributed by atoms with Gasteiger partial charge in [-0.3, -0.25) is 0 Å². The number of aromatic nitrogens is 1. The molecule has 0 aliphatic heterocycles. The van der Waals surface area contributed by atoms with Gasteiger partial charge in [0.25, 0.3) is 0 Å². The molecule has 84 valence electrons. The molecule has 2 aromatic heterocycles. The molecule has 2 heterocycles. The maximum Gasteiger partial charge on any atom is 0.107 e. The second-order valence-electron chi connectivity index (χ2n) is 4.21. The second kappa shape index (κ2) is 4.28. The van der Waals surface area contributed by atoms with Crippen LogP contribution in [0.3, 0.4) is 0 Å². The van der Waals surface area contributed by atoms with Crippen molar-refractivity contribution in [1.82, 2.24) is 10.3 Å². The molecule has 16 heavy (non-hydrogen) atoms. The SMILES string of the molecule is Cc1ccsc1-c1csc(CNC2CC2)n1. The van der Waals surface area contributed by atoms with Crippen LogP contribution in [-0.2, 0) is 6.54 Å². The summed E-state index contributed by atoms with van der Waals surface area (Å²) in [4.78, 5) is 5.99. The highest BCUT2D eigenvalue weighted by Crippen LogP contribution is 2.30. The van der Waals surface area contributed by atoms with Crippen molar-refractivity contribution in [3.05, 3.63) is 27.4 Å². The number of nitrogens with zero attached hydrogens (tertiary/aromatic N) is 1. The molecule has 0 radical (unpaired) electrons. The highest BCUT2D eigenvalue weighted by molar-refractivity contribution is 7.14. The zero-order valence-corrected chi connectivity index (χ0v) is 10.8. The summed E-state index contributed by atoms with van der Waals surface area (Å²) in [5.41, 5.74) is 2.47. The van der Waals surface area contributed by atoms with Crippen molar-refractivity contribution in [2.75, 3.05) is 0 Å². The van der Waals surface area contributed by atoms with Gasteiger partial charge in [-0.25, -0.2) is 4.98 Å². The minimum atomic E-state index is 0.760. The van der Waals surface area contributed by atoms with Crippen molar-refractivity contribution in [2.24, 2.45) is 0 Å². The molecule has 2 aromatic rings. The Morgan fingerprint density at radius 3 is 3.00 bits per heavy atom. The maximum absolute atomic E-state index is 4.68. The van der Waals surface area contributed by atoms with Crippen molar-refractivity contribution in [3.8, 4) is 10.6 Å². The quantitative estimate of drug-likeness (QED) is 0.899. The van der Waals surface area contributed by atoms with E-state index in [2.05, 4.69) is 34.1 Å². The summed E-state index contributed by atoms with van der Waals surface area (Å²) >= 11 is 3.54. The average Bonchev–Trinajstić information content (AvgIpc) is 2.82. The number of hydrogen-bond acceptors (Lipinski definition) is 4. The number of aryl methyl sites for hydroxylation is 1. The van der Waals surface area contributed by atoms with Crippen LogP contribution in [0.2, 0.25) is 0 Å². The van der Waals surface area contributed by atoms with E-state index < -0.39 is 0 Å². The lowest BCUT2D eigenvalue weighted by molar-refractivity contribution is 0.685. The van der Waals surface area contributed by atoms with E-state index >= 15 is 0 Å². The fraction of sp³-hybridized carbons (Fsp3) is 0.417. The lowest BCUT2D eigenvalue weighted by Crippen LogP contribution is -2.14. The lowest BCUT2D eigenvalue weighted by atomic mass is 10.2. The molecule has 0 atom stereocenters. The van der Waals surface area contributed by atoms with Gasteiger partial charge in [0, 0.05) is 18.0 Å². The van der Waals surface area contributed by atoms with Gasteiger partial charge in [-0.2, -0.15) is 0 Å². The van der Waals surface area contributed by atoms with Gasteiger partial charge < -0.3 is 5.32 Å². The Morgan fingerprint density at radius 1 is 1.44 bits per heavy atom. The number of hydrogen-bond donors (Lipinski definition) is 1. The van der Waals surface area contributed by atoms with E-state index in [1.54, 1.807) is 22.7 Å². The molecule has 0 amide bonds. The summed E-state index contributed by atoms with van der Waals surface area (Å²) in [6.07, 6.45) is 2.67. The molecule has 2 nitrogen and oxygen atoms in total. The third kappa shape index (κ3) is 2.19. The van der Waals surface area contributed by atoms with Crippen molar-refractivity contribution < 1.29 is 0 Å². The first kappa shape index (κ1) is 10.4. The molecular formula is C12H14N2S2. The molecule has 3 rings (SSSR count). The Kier molecular flexibility index (Phi) is 2.79. The van der Waals surface area contributed by atoms with E-state index in [0.717, 1.165) is 18.3 Å². The summed E-state index contributed by atoms with van der Waals surface area (Å²) < 4.78 is 0. The highest BCUT2D eigenvalue weighted by atomic mass is 32.1. The molecule has 1 fully saturated rings. The van der Waals surface area contributed by atoms with Crippen LogP contribution in [0, 0.1) is 6.92 Å². The predicted octanol–water partition coefficient (Wildman–Crippen LogP) is 3.43. The number of thiophene rings is 1. The van der Waals surface area contributed by atoms with Gasteiger partial charge in [0.15, 0.2) is 0 Å². The fourth-order valence-corrected chi connectivity index (χ4v) is 3.35. The van der Waals surface area contributed by atoms with E-state index in [0.29, 0.717) is 0 Å². The van der Waals surface area contributed by atoms with Crippen LogP contribution in [0.15, 0.2) is 16.8 Å². The summed E-state index contributed by atoms with van der Waals surface area (Å²) in [5, 5.41) is 9.00. The van der Waals surface area contributed by atoms with Crippen molar-refractivity contribution >= 4 is 22.7 Å². The first-order valence-electron chi connectivity index (χ1n) is 5.55. The zero-order chi connectivity index (χ0) is 11.0. The average molecular weight is 250 g/mol. The fourth-order valence-electron chi connectivity index (χ4n) is 1.65. The molecule has 1 aliphatic carbocycles. The summed E-state index contributed by atoms with van der Waals surface area (Å²) in [7, 11) is 0. The first-order valence-corrected chi connectivity index (χ1v) is 7.31. The molecule has 0 bridgehead atoms. The topological polar surface area (TPSA) is 24.9 Å². The Labute approximate surface area is 103 Å². The number of thiazole rings is 1. The van der Waals surface area contributed by atoms with Crippen LogP contribution in [0.4, 0.5) is 0 Å². The summed E-state index contributed by atoms with van der Waals surface area (Å²) in [5.74, 6) is 0. The minimum Gasteiger partial charge on any atom is -0.308 e. The normalized spacial score (nSPS) is 15.6. The smallest absolute Gasteiger partial charge is 0.107 e. The highest BCUT2D eigenvalue weighted by Gasteiger charge is 2.20. The Hall–Kier alpha value is -0.710. The van der Waals surface area contributed by atoms with Gasteiger partial charge in [0.05, 0.1) is 10.6 Å². The van der Waals surface area contributed by atoms with Crippen molar-refractivity contribution in [2.45, 2.75) is 32.4 Å². The van der Waals surface area contributed by atoms with Gasteiger partial charge in [-0.05, 0) is 36.8 Å². The van der Waals surface area contributed by atoms with Crippen molar-refractivity contribution in [1.29, 1.82) is 0 Å². The first-order chi connectivity index (χ1) is 7.83. The van der Waals surface area contributed by atoms with Crippen molar-refractivity contribution in [3.63, 3.8) is 0 Å². The predicted molar refractivity (Wildman–Crippen MR) is 70.0 cm³/mol. The van der Waals surface area contributed by atoms with Gasteiger partial charge in [0.1, 0.15) is 5.01 Å². The molecule has 0 aromatic carbocycles. The van der Waals surface area contributed by atoms with E-state index in [1.165, 1.54) is 28.3 Å². The van der Waals surface area contributed by atoms with Crippen LogP contribution in [0.1, 0.15) is 23.4 Å². The van der Waals surface area contributed by atoms with E-state index in [4.69, 9.17) is 0 Å². The van der Waals surface area contributed by atoms with Gasteiger partial charge in [-0.15, -0.1) is 22.7 Å². The Bertz CT molecular complexity index is 483. The minimum absolute atomic E-state index is 0.760. The summed E-state index contributed by atoms with van der Waals surface area (Å²) in [6, 6.07) is 2.91. The van der Waals surface area contributed by atoms with Crippen LogP contribution in [-0.4, -0.2) is 11.0 Å². The molecule has 0 saturated heterocycles. The largest absolute Gasteiger partial charge is 0.308 e. The number of rotatable bonds is 4. The Balaban J connectivity index is 1.74. The van der Waals surface area contributed by atoms with Gasteiger partial charge in [-0.1, -0.05) is 0 Å². The van der Waals surface area contributed by atoms with E-state index in [1.807, 2.05) is 0 Å². The van der Waals surface area contributed by atoms with E-state index in [9.17, 15) is 0 Å². The molecule has 1 saturated carbocycles. The molecular weight excluding hydrogens is 236 g/mol. The second-order valence-corrected chi connectivity index (χ2v) is 6.07. The molecule has 1 aliphatic rings. The number of nitrogens with one attached hydrogen (secondary N) is 1. The third-order valence-corrected chi connectivity index (χ3v) is 4.65. The summed E-state index contributed by atoms with van der Waals surface area (Å²) in [6.45, 7) is 3.08. The monoisotopic (exact) mass is 250 g/mol. The van der Waals surface area contributed by atoms with Crippen LogP contribution >= 0.6 is 22.7 Å². The lowest BCUT2D eigenvalue weighted by Gasteiger charge is -1.97. The Morgan fingerprint density at radius 2 is 2.31 bits per heavy atom. The van der Waals surface area contributed by atoms with Crippen LogP contribution in [0.5, 0.6) is 0 Å². The van der Waals surface area contributed by atoms with Gasteiger partial charge in [0.2, 0.25) is 0 Å².